The molecule has 0 heterocycles. The summed E-state index contributed by atoms with van der Waals surface area (Å²) in [6.45, 7) is 2.13. The van der Waals surface area contributed by atoms with Crippen molar-refractivity contribution in [1.29, 1.82) is 5.26 Å². The number of carbonyl (C=O) groups excluding carboxylic acids is 1. The van der Waals surface area contributed by atoms with Gasteiger partial charge in [-0.05, 0) is 35.6 Å². The lowest BCUT2D eigenvalue weighted by Crippen LogP contribution is -2.39. The Morgan fingerprint density at radius 1 is 1.19 bits per heavy atom. The highest BCUT2D eigenvalue weighted by atomic mass is 16.6. The standard InChI is InChI=1S/C21H22N2O3/c1-15(13-22)23(11-6-12-24)21(25)26-14-20-18-9-4-2-7-16(18)17-8-3-5-10-19(17)20/h2-5,7-10,15,20,24H,6,11-12,14H2,1H3. The largest absolute Gasteiger partial charge is 0.448 e. The Morgan fingerprint density at radius 2 is 1.77 bits per heavy atom. The highest BCUT2D eigenvalue weighted by Crippen LogP contribution is 2.44. The van der Waals surface area contributed by atoms with Crippen molar-refractivity contribution in [2.75, 3.05) is 19.8 Å². The Morgan fingerprint density at radius 3 is 2.31 bits per heavy atom. The molecule has 0 saturated carbocycles. The molecule has 0 spiro atoms. The number of hydrogen-bond acceptors (Lipinski definition) is 4. The molecule has 1 aliphatic carbocycles. The summed E-state index contributed by atoms with van der Waals surface area (Å²) in [5.74, 6) is -0.0107. The molecule has 1 amide bonds. The molecule has 5 heteroatoms. The monoisotopic (exact) mass is 350 g/mol. The van der Waals surface area contributed by atoms with Gasteiger partial charge < -0.3 is 9.84 Å². The third-order valence-corrected chi connectivity index (χ3v) is 4.78. The normalized spacial score (nSPS) is 13.4. The number of nitriles is 1. The predicted octanol–water partition coefficient (Wildman–Crippen LogP) is 3.53. The van der Waals surface area contributed by atoms with E-state index >= 15 is 0 Å². The Bertz CT molecular complexity index is 783. The molecular formula is C21H22N2O3. The first kappa shape index (κ1) is 18.0. The van der Waals surface area contributed by atoms with Crippen LogP contribution in [0.25, 0.3) is 11.1 Å². The summed E-state index contributed by atoms with van der Waals surface area (Å²) in [7, 11) is 0. The fourth-order valence-corrected chi connectivity index (χ4v) is 3.43. The molecular weight excluding hydrogens is 328 g/mol. The minimum atomic E-state index is -0.600. The highest BCUT2D eigenvalue weighted by Gasteiger charge is 2.30. The maximum atomic E-state index is 12.5. The fraction of sp³-hybridized carbons (Fsp3) is 0.333. The van der Waals surface area contributed by atoms with E-state index in [1.165, 1.54) is 16.0 Å². The number of aliphatic hydroxyl groups is 1. The van der Waals surface area contributed by atoms with Crippen molar-refractivity contribution < 1.29 is 14.6 Å². The average Bonchev–Trinajstić information content (AvgIpc) is 3.00. The smallest absolute Gasteiger partial charge is 0.410 e. The van der Waals surface area contributed by atoms with E-state index in [0.717, 1.165) is 11.1 Å². The van der Waals surface area contributed by atoms with Crippen LogP contribution in [0.5, 0.6) is 0 Å². The van der Waals surface area contributed by atoms with Crippen molar-refractivity contribution in [3.8, 4) is 17.2 Å². The molecule has 0 radical (unpaired) electrons. The van der Waals surface area contributed by atoms with Gasteiger partial charge in [-0.2, -0.15) is 5.26 Å². The lowest BCUT2D eigenvalue weighted by atomic mass is 9.98. The Hall–Kier alpha value is -2.84. The molecule has 1 aliphatic rings. The van der Waals surface area contributed by atoms with Gasteiger partial charge in [0.15, 0.2) is 0 Å². The second-order valence-corrected chi connectivity index (χ2v) is 6.38. The zero-order chi connectivity index (χ0) is 18.5. The van der Waals surface area contributed by atoms with E-state index in [2.05, 4.69) is 30.3 Å². The summed E-state index contributed by atoms with van der Waals surface area (Å²) in [5.41, 5.74) is 4.65. The fourth-order valence-electron chi connectivity index (χ4n) is 3.43. The lowest BCUT2D eigenvalue weighted by molar-refractivity contribution is 0.0912. The van der Waals surface area contributed by atoms with Crippen molar-refractivity contribution in [2.24, 2.45) is 0 Å². The first-order chi connectivity index (χ1) is 12.7. The molecule has 2 aromatic rings. The van der Waals surface area contributed by atoms with Crippen LogP contribution in [0.3, 0.4) is 0 Å². The van der Waals surface area contributed by atoms with Crippen molar-refractivity contribution in [3.63, 3.8) is 0 Å². The Balaban J connectivity index is 1.77. The molecule has 26 heavy (non-hydrogen) atoms. The number of hydrogen-bond donors (Lipinski definition) is 1. The molecule has 1 unspecified atom stereocenters. The number of rotatable bonds is 6. The first-order valence-electron chi connectivity index (χ1n) is 8.79. The average molecular weight is 350 g/mol. The van der Waals surface area contributed by atoms with E-state index in [9.17, 15) is 4.79 Å². The van der Waals surface area contributed by atoms with Crippen molar-refractivity contribution in [3.05, 3.63) is 59.7 Å². The van der Waals surface area contributed by atoms with E-state index in [1.807, 2.05) is 24.3 Å². The van der Waals surface area contributed by atoms with Gasteiger partial charge in [-0.25, -0.2) is 4.79 Å². The zero-order valence-electron chi connectivity index (χ0n) is 14.8. The van der Waals surface area contributed by atoms with E-state index < -0.39 is 12.1 Å². The van der Waals surface area contributed by atoms with Gasteiger partial charge in [-0.3, -0.25) is 4.90 Å². The summed E-state index contributed by atoms with van der Waals surface area (Å²) in [6.07, 6.45) is -0.106. The number of amides is 1. The van der Waals surface area contributed by atoms with E-state index in [4.69, 9.17) is 15.1 Å². The van der Waals surface area contributed by atoms with Crippen LogP contribution < -0.4 is 0 Å². The van der Waals surface area contributed by atoms with Crippen LogP contribution in [-0.2, 0) is 4.74 Å². The molecule has 1 atom stereocenters. The van der Waals surface area contributed by atoms with E-state index in [-0.39, 0.29) is 19.1 Å². The highest BCUT2D eigenvalue weighted by molar-refractivity contribution is 5.79. The molecule has 3 rings (SSSR count). The molecule has 0 bridgehead atoms. The molecule has 2 aromatic carbocycles. The topological polar surface area (TPSA) is 73.6 Å². The molecule has 134 valence electrons. The van der Waals surface area contributed by atoms with Crippen LogP contribution >= 0.6 is 0 Å². The van der Waals surface area contributed by atoms with Crippen LogP contribution in [0, 0.1) is 11.3 Å². The summed E-state index contributed by atoms with van der Waals surface area (Å²) in [6, 6.07) is 17.8. The SMILES string of the molecule is CC(C#N)N(CCCO)C(=O)OCC1c2ccccc2-c2ccccc21. The second-order valence-electron chi connectivity index (χ2n) is 6.38. The van der Waals surface area contributed by atoms with E-state index in [1.54, 1.807) is 6.92 Å². The van der Waals surface area contributed by atoms with Crippen LogP contribution in [-0.4, -0.2) is 41.9 Å². The molecule has 1 N–H and O–H groups in total. The van der Waals surface area contributed by atoms with Crippen molar-refractivity contribution in [1.82, 2.24) is 4.90 Å². The summed E-state index contributed by atoms with van der Waals surface area (Å²) in [5, 5.41) is 18.1. The number of aliphatic hydroxyl groups excluding tert-OH is 1. The summed E-state index contributed by atoms with van der Waals surface area (Å²) in [4.78, 5) is 13.9. The van der Waals surface area contributed by atoms with Crippen LogP contribution in [0.1, 0.15) is 30.4 Å². The summed E-state index contributed by atoms with van der Waals surface area (Å²) < 4.78 is 5.58. The van der Waals surface area contributed by atoms with Crippen LogP contribution in [0.4, 0.5) is 4.79 Å². The van der Waals surface area contributed by atoms with Gasteiger partial charge in [0.25, 0.3) is 0 Å². The minimum Gasteiger partial charge on any atom is -0.448 e. The first-order valence-corrected chi connectivity index (χ1v) is 8.79. The van der Waals surface area contributed by atoms with Gasteiger partial charge >= 0.3 is 6.09 Å². The Labute approximate surface area is 153 Å². The van der Waals surface area contributed by atoms with Gasteiger partial charge in [0.05, 0.1) is 6.07 Å². The van der Waals surface area contributed by atoms with Gasteiger partial charge in [0.2, 0.25) is 0 Å². The van der Waals surface area contributed by atoms with Gasteiger partial charge in [-0.15, -0.1) is 0 Å². The molecule has 5 nitrogen and oxygen atoms in total. The number of carbonyl (C=O) groups is 1. The quantitative estimate of drug-likeness (QED) is 0.865. The van der Waals surface area contributed by atoms with Gasteiger partial charge in [0, 0.05) is 19.1 Å². The number of nitrogens with zero attached hydrogens (tertiary/aromatic N) is 2. The van der Waals surface area contributed by atoms with Gasteiger partial charge in [-0.1, -0.05) is 48.5 Å². The third kappa shape index (κ3) is 3.42. The van der Waals surface area contributed by atoms with E-state index in [0.29, 0.717) is 13.0 Å². The summed E-state index contributed by atoms with van der Waals surface area (Å²) >= 11 is 0. The zero-order valence-corrected chi connectivity index (χ0v) is 14.8. The predicted molar refractivity (Wildman–Crippen MR) is 98.6 cm³/mol. The van der Waals surface area contributed by atoms with Crippen molar-refractivity contribution in [2.45, 2.75) is 25.3 Å². The minimum absolute atomic E-state index is 0.0107. The van der Waals surface area contributed by atoms with Crippen LogP contribution in [0.2, 0.25) is 0 Å². The molecule has 0 saturated heterocycles. The number of benzene rings is 2. The maximum absolute atomic E-state index is 12.5. The Kier molecular flexibility index (Phi) is 5.55. The number of ether oxygens (including phenoxy) is 1. The lowest BCUT2D eigenvalue weighted by Gasteiger charge is -2.25. The molecule has 0 aliphatic heterocycles. The van der Waals surface area contributed by atoms with Gasteiger partial charge in [0.1, 0.15) is 12.6 Å². The number of fused-ring (bicyclic) bond motifs is 3. The molecule has 0 aromatic heterocycles. The maximum Gasteiger partial charge on any atom is 0.410 e. The second kappa shape index (κ2) is 8.03. The third-order valence-electron chi connectivity index (χ3n) is 4.78. The van der Waals surface area contributed by atoms with Crippen molar-refractivity contribution >= 4 is 6.09 Å². The molecule has 0 fully saturated rings. The van der Waals surface area contributed by atoms with Crippen LogP contribution in [0.15, 0.2) is 48.5 Å².